The normalized spacial score (nSPS) is 11.6. The Bertz CT molecular complexity index is 1060. The number of aliphatic hydroxyl groups excluding tert-OH is 1. The van der Waals surface area contributed by atoms with Crippen LogP contribution in [-0.2, 0) is 4.79 Å². The van der Waals surface area contributed by atoms with Crippen molar-refractivity contribution in [1.29, 1.82) is 0 Å². The number of nitrogens with zero attached hydrogens (tertiary/aromatic N) is 1. The summed E-state index contributed by atoms with van der Waals surface area (Å²) >= 11 is 6.87. The molecule has 0 fully saturated rings. The second kappa shape index (κ2) is 11.6. The van der Waals surface area contributed by atoms with E-state index in [1.54, 1.807) is 6.20 Å². The molecule has 10 heteroatoms. The Morgan fingerprint density at radius 3 is 2.72 bits per heavy atom. The summed E-state index contributed by atoms with van der Waals surface area (Å²) in [5.41, 5.74) is 0.986. The number of nitrogens with one attached hydrogen (secondary N) is 2. The molecule has 0 radical (unpaired) electrons. The average molecular weight is 478 g/mol. The molecule has 32 heavy (non-hydrogen) atoms. The highest BCUT2D eigenvalue weighted by Gasteiger charge is 2.13. The van der Waals surface area contributed by atoms with E-state index in [-0.39, 0.29) is 42.8 Å². The van der Waals surface area contributed by atoms with Gasteiger partial charge < -0.3 is 20.5 Å². The van der Waals surface area contributed by atoms with E-state index in [0.29, 0.717) is 5.01 Å². The van der Waals surface area contributed by atoms with Gasteiger partial charge in [-0.2, -0.15) is 0 Å². The van der Waals surface area contributed by atoms with Crippen LogP contribution in [0.2, 0.25) is 5.02 Å². The van der Waals surface area contributed by atoms with Crippen LogP contribution in [-0.4, -0.2) is 47.7 Å². The first-order chi connectivity index (χ1) is 15.4. The Kier molecular flexibility index (Phi) is 8.55. The minimum absolute atomic E-state index is 0.0115. The van der Waals surface area contributed by atoms with Crippen molar-refractivity contribution >= 4 is 34.8 Å². The smallest absolute Gasteiger partial charge is 0.280 e. The number of aliphatic hydroxyl groups is 1. The maximum Gasteiger partial charge on any atom is 0.280 e. The van der Waals surface area contributed by atoms with E-state index < -0.39 is 17.8 Å². The van der Waals surface area contributed by atoms with Gasteiger partial charge in [0.25, 0.3) is 11.8 Å². The van der Waals surface area contributed by atoms with Gasteiger partial charge in [-0.05, 0) is 24.1 Å². The Morgan fingerprint density at radius 2 is 1.97 bits per heavy atom. The number of ether oxygens (including phenoxy) is 1. The molecule has 1 heterocycles. The summed E-state index contributed by atoms with van der Waals surface area (Å²) in [6.07, 6.45) is 1.04. The minimum Gasteiger partial charge on any atom is -0.484 e. The summed E-state index contributed by atoms with van der Waals surface area (Å²) in [6, 6.07) is 13.5. The lowest BCUT2D eigenvalue weighted by molar-refractivity contribution is -0.123. The van der Waals surface area contributed by atoms with Crippen LogP contribution >= 0.6 is 22.9 Å². The van der Waals surface area contributed by atoms with Crippen LogP contribution < -0.4 is 15.4 Å². The second-order valence-corrected chi connectivity index (χ2v) is 8.20. The quantitative estimate of drug-likeness (QED) is 0.416. The zero-order valence-electron chi connectivity index (χ0n) is 16.9. The van der Waals surface area contributed by atoms with Crippen LogP contribution in [0.25, 0.3) is 10.4 Å². The molecule has 0 unspecified atom stereocenters. The summed E-state index contributed by atoms with van der Waals surface area (Å²) in [5, 5.41) is 15.5. The molecule has 0 saturated heterocycles. The van der Waals surface area contributed by atoms with E-state index in [1.165, 1.54) is 23.5 Å². The van der Waals surface area contributed by atoms with E-state index in [2.05, 4.69) is 15.6 Å². The monoisotopic (exact) mass is 477 g/mol. The van der Waals surface area contributed by atoms with Crippen molar-refractivity contribution < 1.29 is 23.8 Å². The molecule has 0 aliphatic carbocycles. The molecule has 2 amide bonds. The number of hydrogen-bond donors (Lipinski definition) is 3. The van der Waals surface area contributed by atoms with Crippen LogP contribution in [0.3, 0.4) is 0 Å². The van der Waals surface area contributed by atoms with Gasteiger partial charge >= 0.3 is 0 Å². The van der Waals surface area contributed by atoms with E-state index in [1.807, 2.05) is 30.3 Å². The van der Waals surface area contributed by atoms with Gasteiger partial charge in [-0.15, -0.1) is 11.3 Å². The summed E-state index contributed by atoms with van der Waals surface area (Å²) in [7, 11) is 0. The Labute approximate surface area is 193 Å². The molecule has 1 aromatic heterocycles. The highest BCUT2D eigenvalue weighted by molar-refractivity contribution is 7.16. The first-order valence-electron chi connectivity index (χ1n) is 9.74. The Hall–Kier alpha value is -3.01. The molecule has 7 nitrogen and oxygen atoms in total. The van der Waals surface area contributed by atoms with Gasteiger partial charge in [0.1, 0.15) is 11.6 Å². The third-order valence-electron chi connectivity index (χ3n) is 4.32. The first-order valence-corrected chi connectivity index (χ1v) is 10.9. The molecule has 3 aromatic rings. The number of amides is 2. The molecule has 3 rings (SSSR count). The number of benzene rings is 2. The minimum atomic E-state index is -0.858. The molecule has 3 N–H and O–H groups in total. The molecular formula is C22H21ClFN3O4S. The number of carbonyl (C=O) groups excluding carboxylic acids is 2. The van der Waals surface area contributed by atoms with Crippen molar-refractivity contribution in [1.82, 2.24) is 15.6 Å². The van der Waals surface area contributed by atoms with Crippen molar-refractivity contribution in [2.24, 2.45) is 0 Å². The van der Waals surface area contributed by atoms with E-state index in [0.717, 1.165) is 16.5 Å². The Balaban J connectivity index is 1.33. The van der Waals surface area contributed by atoms with E-state index in [4.69, 9.17) is 16.3 Å². The third-order valence-corrected chi connectivity index (χ3v) is 5.67. The first kappa shape index (κ1) is 23.6. The number of thiazole rings is 1. The molecule has 2 aromatic carbocycles. The van der Waals surface area contributed by atoms with Crippen molar-refractivity contribution in [3.8, 4) is 16.2 Å². The summed E-state index contributed by atoms with van der Waals surface area (Å²) in [4.78, 5) is 29.1. The zero-order valence-corrected chi connectivity index (χ0v) is 18.5. The maximum absolute atomic E-state index is 13.3. The van der Waals surface area contributed by atoms with Crippen LogP contribution in [0.4, 0.5) is 4.39 Å². The largest absolute Gasteiger partial charge is 0.484 e. The molecule has 0 bridgehead atoms. The van der Waals surface area contributed by atoms with Crippen LogP contribution in [0, 0.1) is 5.82 Å². The predicted molar refractivity (Wildman–Crippen MR) is 120 cm³/mol. The standard InChI is InChI=1S/C22H21ClFN3O4S/c23-17-7-6-16(10-18(17)24)31-13-20(29)26-11-15(28)8-9-25-21(30)22-27-12-19(32-22)14-4-2-1-3-5-14/h1-7,10,12,15,28H,8-9,11,13H2,(H,25,30)(H,26,29)/t15-/m0/s1. The highest BCUT2D eigenvalue weighted by atomic mass is 35.5. The van der Waals surface area contributed by atoms with Gasteiger partial charge in [-0.25, -0.2) is 9.37 Å². The lowest BCUT2D eigenvalue weighted by atomic mass is 10.2. The molecule has 0 saturated carbocycles. The van der Waals surface area contributed by atoms with Gasteiger partial charge in [-0.1, -0.05) is 41.9 Å². The lowest BCUT2D eigenvalue weighted by Crippen LogP contribution is -2.37. The zero-order chi connectivity index (χ0) is 22.9. The Morgan fingerprint density at radius 1 is 1.19 bits per heavy atom. The van der Waals surface area contributed by atoms with Crippen LogP contribution in [0.1, 0.15) is 16.2 Å². The molecule has 168 valence electrons. The topological polar surface area (TPSA) is 101 Å². The van der Waals surface area contributed by atoms with E-state index >= 15 is 0 Å². The van der Waals surface area contributed by atoms with Gasteiger partial charge in [0.15, 0.2) is 11.6 Å². The average Bonchev–Trinajstić information content (AvgIpc) is 3.29. The fraction of sp³-hybridized carbons (Fsp3) is 0.227. The predicted octanol–water partition coefficient (Wildman–Crippen LogP) is 3.28. The van der Waals surface area contributed by atoms with E-state index in [9.17, 15) is 19.1 Å². The van der Waals surface area contributed by atoms with Crippen LogP contribution in [0.15, 0.2) is 54.7 Å². The number of halogens is 2. The van der Waals surface area contributed by atoms with Crippen molar-refractivity contribution in [3.05, 3.63) is 70.6 Å². The van der Waals surface area contributed by atoms with Gasteiger partial charge in [0.05, 0.1) is 16.0 Å². The number of aromatic nitrogens is 1. The molecule has 1 atom stereocenters. The summed E-state index contributed by atoms with van der Waals surface area (Å²) < 4.78 is 18.5. The fourth-order valence-corrected chi connectivity index (χ4v) is 3.60. The third kappa shape index (κ3) is 7.01. The molecule has 0 spiro atoms. The van der Waals surface area contributed by atoms with Crippen molar-refractivity contribution in [3.63, 3.8) is 0 Å². The SMILES string of the molecule is O=C(COc1ccc(Cl)c(F)c1)NC[C@@H](O)CCNC(=O)c1ncc(-c2ccccc2)s1. The van der Waals surface area contributed by atoms with Crippen molar-refractivity contribution in [2.75, 3.05) is 19.7 Å². The number of carbonyl (C=O) groups is 2. The fourth-order valence-electron chi connectivity index (χ4n) is 2.64. The van der Waals surface area contributed by atoms with Crippen LogP contribution in [0.5, 0.6) is 5.75 Å². The van der Waals surface area contributed by atoms with Gasteiger partial charge in [-0.3, -0.25) is 9.59 Å². The maximum atomic E-state index is 13.3. The highest BCUT2D eigenvalue weighted by Crippen LogP contribution is 2.25. The van der Waals surface area contributed by atoms with Gasteiger partial charge in [0, 0.05) is 25.4 Å². The summed E-state index contributed by atoms with van der Waals surface area (Å²) in [6.45, 7) is -0.128. The number of hydrogen-bond acceptors (Lipinski definition) is 6. The van der Waals surface area contributed by atoms with Gasteiger partial charge in [0.2, 0.25) is 0 Å². The lowest BCUT2D eigenvalue weighted by Gasteiger charge is -2.12. The molecule has 0 aliphatic heterocycles. The molecule has 0 aliphatic rings. The van der Waals surface area contributed by atoms with Crippen molar-refractivity contribution in [2.45, 2.75) is 12.5 Å². The second-order valence-electron chi connectivity index (χ2n) is 6.76. The molecular weight excluding hydrogens is 457 g/mol. The number of rotatable bonds is 10. The summed E-state index contributed by atoms with van der Waals surface area (Å²) in [5.74, 6) is -1.27.